The number of fused-ring (bicyclic) bond motifs is 1. The molecule has 0 aliphatic heterocycles. The van der Waals surface area contributed by atoms with Crippen molar-refractivity contribution in [2.24, 2.45) is 0 Å². The molecule has 2 heterocycles. The molecule has 0 aliphatic carbocycles. The molecule has 0 amide bonds. The highest BCUT2D eigenvalue weighted by molar-refractivity contribution is 7.19. The maximum absolute atomic E-state index is 8.60. The molecule has 0 saturated carbocycles. The van der Waals surface area contributed by atoms with Crippen molar-refractivity contribution in [1.29, 1.82) is 0 Å². The van der Waals surface area contributed by atoms with Crippen molar-refractivity contribution in [3.63, 3.8) is 0 Å². The van der Waals surface area contributed by atoms with E-state index in [9.17, 15) is 0 Å². The molecule has 4 rings (SSSR count). The van der Waals surface area contributed by atoms with E-state index in [0.717, 1.165) is 10.7 Å². The third-order valence-electron chi connectivity index (χ3n) is 4.22. The fourth-order valence-corrected chi connectivity index (χ4v) is 3.73. The van der Waals surface area contributed by atoms with E-state index >= 15 is 0 Å². The Morgan fingerprint density at radius 2 is 1.61 bits per heavy atom. The quantitative estimate of drug-likeness (QED) is 0.450. The van der Waals surface area contributed by atoms with Crippen molar-refractivity contribution in [2.45, 2.75) is 0 Å². The van der Waals surface area contributed by atoms with Gasteiger partial charge in [-0.05, 0) is 45.7 Å². The van der Waals surface area contributed by atoms with Crippen LogP contribution in [0.3, 0.4) is 0 Å². The van der Waals surface area contributed by atoms with E-state index in [1.807, 2.05) is 26.2 Å². The maximum atomic E-state index is 8.60. The second kappa shape index (κ2) is 9.97. The fourth-order valence-electron chi connectivity index (χ4n) is 2.74. The highest BCUT2D eigenvalue weighted by Crippen LogP contribution is 2.24. The maximum Gasteiger partial charge on any atom is 0.388 e. The first kappa shape index (κ1) is 22.8. The van der Waals surface area contributed by atoms with Crippen molar-refractivity contribution >= 4 is 34.1 Å². The van der Waals surface area contributed by atoms with Crippen molar-refractivity contribution in [2.75, 3.05) is 19.0 Å². The second-order valence-corrected chi connectivity index (χ2v) is 8.52. The summed E-state index contributed by atoms with van der Waals surface area (Å²) >= 11 is 1.70. The van der Waals surface area contributed by atoms with Crippen LogP contribution in [0.1, 0.15) is 11.3 Å². The van der Waals surface area contributed by atoms with Crippen LogP contribution in [-0.4, -0.2) is 23.7 Å². The molecule has 0 fully saturated rings. The van der Waals surface area contributed by atoms with Gasteiger partial charge in [0.1, 0.15) is 12.4 Å². The molecule has 0 radical (unpaired) electrons. The lowest BCUT2D eigenvalue weighted by molar-refractivity contribution is -1.92. The zero-order valence-corrected chi connectivity index (χ0v) is 18.5. The average Bonchev–Trinajstić information content (AvgIpc) is 3.15. The summed E-state index contributed by atoms with van der Waals surface area (Å²) in [5, 5.41) is 0. The minimum Gasteiger partial charge on any atom is -0.378 e. The minimum absolute atomic E-state index is 0.961. The average molecular weight is 459 g/mol. The number of halogens is 1. The molecule has 2 aromatic heterocycles. The molecule has 0 atom stereocenters. The molecule has 1 N–H and O–H groups in total. The van der Waals surface area contributed by atoms with E-state index in [2.05, 4.69) is 82.4 Å². The standard InChI is InChI=1S/C22H20N3S.ClHO4/c1-24(2)20-12-9-17(10-13-20)8-11-19-14-15-25-16-21(26-22(25)23-19)18-6-4-3-5-7-18;2-1(3,4)5/h3-16H,1-2H3;(H,2,3,4,5)/q+1;. The predicted molar refractivity (Wildman–Crippen MR) is 113 cm³/mol. The van der Waals surface area contributed by atoms with Crippen LogP contribution in [0.2, 0.25) is 0 Å². The lowest BCUT2D eigenvalue weighted by atomic mass is 10.2. The molecule has 0 aliphatic rings. The van der Waals surface area contributed by atoms with Gasteiger partial charge in [0.25, 0.3) is 0 Å². The molecule has 160 valence electrons. The smallest absolute Gasteiger partial charge is 0.378 e. The van der Waals surface area contributed by atoms with E-state index in [0.29, 0.717) is 0 Å². The van der Waals surface area contributed by atoms with Crippen molar-refractivity contribution < 1.29 is 33.3 Å². The summed E-state index contributed by atoms with van der Waals surface area (Å²) in [5.41, 5.74) is 4.55. The first-order valence-corrected chi connectivity index (χ1v) is 11.2. The normalized spacial score (nSPS) is 11.4. The van der Waals surface area contributed by atoms with Crippen molar-refractivity contribution in [3.05, 3.63) is 84.3 Å². The summed E-state index contributed by atoms with van der Waals surface area (Å²) in [5.74, 6) is 0. The van der Waals surface area contributed by atoms with Gasteiger partial charge in [0.2, 0.25) is 0 Å². The third kappa shape index (κ3) is 7.11. The van der Waals surface area contributed by atoms with E-state index in [1.165, 1.54) is 21.7 Å². The Morgan fingerprint density at radius 3 is 2.23 bits per heavy atom. The summed E-state index contributed by atoms with van der Waals surface area (Å²) in [6.07, 6.45) is 8.37. The molecule has 0 saturated heterocycles. The zero-order chi connectivity index (χ0) is 22.4. The second-order valence-electron chi connectivity index (χ2n) is 6.72. The number of thiazole rings is 1. The number of aromatic nitrogens is 2. The summed E-state index contributed by atoms with van der Waals surface area (Å²) in [6, 6.07) is 21.0. The molecule has 7 nitrogen and oxygen atoms in total. The van der Waals surface area contributed by atoms with Crippen LogP contribution in [0.25, 0.3) is 27.6 Å². The zero-order valence-electron chi connectivity index (χ0n) is 16.9. The van der Waals surface area contributed by atoms with Gasteiger partial charge in [-0.25, -0.2) is 0 Å². The van der Waals surface area contributed by atoms with Gasteiger partial charge in [0, 0.05) is 25.8 Å². The Morgan fingerprint density at radius 1 is 0.968 bits per heavy atom. The number of benzene rings is 2. The van der Waals surface area contributed by atoms with Crippen LogP contribution in [-0.2, 0) is 0 Å². The molecule has 0 spiro atoms. The van der Waals surface area contributed by atoms with Gasteiger partial charge in [0.15, 0.2) is 5.69 Å². The Balaban J connectivity index is 0.000000491. The van der Waals surface area contributed by atoms with Crippen molar-refractivity contribution in [1.82, 2.24) is 4.98 Å². The molecule has 4 aromatic rings. The SMILES string of the molecule is CN(C)c1ccc(/C=C/c2cc[n+]3cc(-c4ccccc4)sc3n2)cc1.[O-][Cl+3]([O-])([O-])O. The topological polar surface area (TPSA) is 110 Å². The Kier molecular flexibility index (Phi) is 7.34. The molecule has 0 bridgehead atoms. The van der Waals surface area contributed by atoms with Crippen LogP contribution in [0, 0.1) is 10.2 Å². The molecule has 31 heavy (non-hydrogen) atoms. The first-order chi connectivity index (χ1) is 14.7. The monoisotopic (exact) mass is 458 g/mol. The van der Waals surface area contributed by atoms with Crippen molar-refractivity contribution in [3.8, 4) is 10.4 Å². The Hall–Kier alpha value is -2.85. The van der Waals surface area contributed by atoms with Gasteiger partial charge in [-0.2, -0.15) is 18.4 Å². The van der Waals surface area contributed by atoms with Gasteiger partial charge in [-0.15, -0.1) is 0 Å². The van der Waals surface area contributed by atoms with Crippen LogP contribution < -0.4 is 23.3 Å². The van der Waals surface area contributed by atoms with E-state index < -0.39 is 10.2 Å². The molecular weight excluding hydrogens is 438 g/mol. The lowest BCUT2D eigenvalue weighted by Gasteiger charge is -2.11. The van der Waals surface area contributed by atoms with Crippen LogP contribution in [0.15, 0.2) is 73.1 Å². The van der Waals surface area contributed by atoms with Gasteiger partial charge in [-0.3, -0.25) is 0 Å². The lowest BCUT2D eigenvalue weighted by Crippen LogP contribution is -2.58. The number of hydrogen-bond acceptors (Lipinski definition) is 7. The predicted octanol–water partition coefficient (Wildman–Crippen LogP) is 0.661. The highest BCUT2D eigenvalue weighted by atomic mass is 35.7. The number of anilines is 1. The molecule has 9 heteroatoms. The Bertz CT molecular complexity index is 1150. The van der Waals surface area contributed by atoms with Crippen LogP contribution >= 0.6 is 11.3 Å². The van der Waals surface area contributed by atoms with Crippen LogP contribution in [0.4, 0.5) is 5.69 Å². The number of rotatable bonds is 4. The van der Waals surface area contributed by atoms with Gasteiger partial charge < -0.3 is 4.90 Å². The van der Waals surface area contributed by atoms with E-state index in [-0.39, 0.29) is 0 Å². The summed E-state index contributed by atoms with van der Waals surface area (Å²) in [4.78, 5) is 9.08. The largest absolute Gasteiger partial charge is 0.388 e. The van der Waals surface area contributed by atoms with Gasteiger partial charge in [0.05, 0.1) is 19.8 Å². The third-order valence-corrected chi connectivity index (χ3v) is 5.27. The minimum atomic E-state index is -4.69. The Labute approximate surface area is 186 Å². The fraction of sp³-hybridized carbons (Fsp3) is 0.0909. The first-order valence-electron chi connectivity index (χ1n) is 9.15. The summed E-state index contributed by atoms with van der Waals surface area (Å²) < 4.78 is 34.8. The number of hydrogen-bond donors (Lipinski definition) is 1. The molecular formula is C22H21ClN3O4S+. The summed E-state index contributed by atoms with van der Waals surface area (Å²) in [6.45, 7) is 0. The highest BCUT2D eigenvalue weighted by Gasteiger charge is 2.12. The molecule has 2 aromatic carbocycles. The van der Waals surface area contributed by atoms with Gasteiger partial charge in [-0.1, -0.05) is 48.5 Å². The van der Waals surface area contributed by atoms with Gasteiger partial charge >= 0.3 is 4.96 Å². The number of nitrogens with zero attached hydrogens (tertiary/aromatic N) is 3. The van der Waals surface area contributed by atoms with E-state index in [4.69, 9.17) is 23.6 Å². The van der Waals surface area contributed by atoms with E-state index in [1.54, 1.807) is 11.3 Å². The summed E-state index contributed by atoms with van der Waals surface area (Å²) in [7, 11) is -0.598. The molecule has 0 unspecified atom stereocenters. The van der Waals surface area contributed by atoms with Crippen LogP contribution in [0.5, 0.6) is 0 Å².